The zero-order valence-corrected chi connectivity index (χ0v) is 16.5. The van der Waals surface area contributed by atoms with E-state index < -0.39 is 0 Å². The van der Waals surface area contributed by atoms with Gasteiger partial charge in [-0.3, -0.25) is 9.79 Å². The minimum Gasteiger partial charge on any atom is -0.497 e. The van der Waals surface area contributed by atoms with Gasteiger partial charge in [0.2, 0.25) is 0 Å². The molecular weight excluding hydrogens is 340 g/mol. The SMILES string of the molecule is CCNC(=O)c1ccc(CNC(=NC)N(C)Cc2ccc(OC)cc2)cc1. The molecule has 2 aromatic rings. The van der Waals surface area contributed by atoms with Gasteiger partial charge in [-0.15, -0.1) is 0 Å². The van der Waals surface area contributed by atoms with E-state index >= 15 is 0 Å². The molecule has 2 N–H and O–H groups in total. The molecule has 0 spiro atoms. The molecule has 2 rings (SSSR count). The van der Waals surface area contributed by atoms with Gasteiger partial charge in [0.25, 0.3) is 5.91 Å². The van der Waals surface area contributed by atoms with E-state index in [1.165, 1.54) is 5.56 Å². The van der Waals surface area contributed by atoms with Crippen LogP contribution in [0.4, 0.5) is 0 Å². The van der Waals surface area contributed by atoms with Crippen LogP contribution in [0.15, 0.2) is 53.5 Å². The zero-order valence-electron chi connectivity index (χ0n) is 16.5. The minimum absolute atomic E-state index is 0.0490. The first-order valence-electron chi connectivity index (χ1n) is 8.99. The molecule has 0 radical (unpaired) electrons. The fourth-order valence-electron chi connectivity index (χ4n) is 2.68. The number of ether oxygens (including phenoxy) is 1. The Hall–Kier alpha value is -3.02. The highest BCUT2D eigenvalue weighted by atomic mass is 16.5. The molecule has 0 unspecified atom stereocenters. The molecule has 0 heterocycles. The lowest BCUT2D eigenvalue weighted by atomic mass is 10.1. The average molecular weight is 368 g/mol. The lowest BCUT2D eigenvalue weighted by Gasteiger charge is -2.22. The first kappa shape index (κ1) is 20.3. The number of carbonyl (C=O) groups is 1. The quantitative estimate of drug-likeness (QED) is 0.582. The van der Waals surface area contributed by atoms with Crippen molar-refractivity contribution in [1.82, 2.24) is 15.5 Å². The summed E-state index contributed by atoms with van der Waals surface area (Å²) in [4.78, 5) is 18.2. The van der Waals surface area contributed by atoms with Crippen LogP contribution >= 0.6 is 0 Å². The van der Waals surface area contributed by atoms with Gasteiger partial charge in [-0.05, 0) is 42.3 Å². The van der Waals surface area contributed by atoms with Crippen LogP contribution in [0.3, 0.4) is 0 Å². The van der Waals surface area contributed by atoms with Gasteiger partial charge in [-0.1, -0.05) is 24.3 Å². The topological polar surface area (TPSA) is 66.0 Å². The molecule has 2 aromatic carbocycles. The third kappa shape index (κ3) is 6.02. The molecule has 0 bridgehead atoms. The highest BCUT2D eigenvalue weighted by Gasteiger charge is 2.08. The highest BCUT2D eigenvalue weighted by Crippen LogP contribution is 2.12. The van der Waals surface area contributed by atoms with Crippen molar-refractivity contribution in [2.24, 2.45) is 4.99 Å². The Bertz CT molecular complexity index is 755. The largest absolute Gasteiger partial charge is 0.497 e. The average Bonchev–Trinajstić information content (AvgIpc) is 2.69. The Kier molecular flexibility index (Phi) is 7.67. The molecule has 6 nitrogen and oxygen atoms in total. The van der Waals surface area contributed by atoms with E-state index in [0.29, 0.717) is 18.7 Å². The van der Waals surface area contributed by atoms with Crippen molar-refractivity contribution >= 4 is 11.9 Å². The maximum atomic E-state index is 11.8. The molecule has 0 atom stereocenters. The van der Waals surface area contributed by atoms with Gasteiger partial charge in [0, 0.05) is 39.3 Å². The van der Waals surface area contributed by atoms with Crippen molar-refractivity contribution in [3.8, 4) is 5.75 Å². The van der Waals surface area contributed by atoms with Crippen molar-refractivity contribution in [2.45, 2.75) is 20.0 Å². The van der Waals surface area contributed by atoms with Crippen LogP contribution in [0.1, 0.15) is 28.4 Å². The van der Waals surface area contributed by atoms with E-state index in [4.69, 9.17) is 4.74 Å². The van der Waals surface area contributed by atoms with Gasteiger partial charge in [-0.25, -0.2) is 0 Å². The molecule has 1 amide bonds. The molecule has 0 aliphatic rings. The predicted octanol–water partition coefficient (Wildman–Crippen LogP) is 2.65. The fourth-order valence-corrected chi connectivity index (χ4v) is 2.68. The van der Waals surface area contributed by atoms with Crippen molar-refractivity contribution in [3.05, 3.63) is 65.2 Å². The second-order valence-electron chi connectivity index (χ2n) is 6.16. The molecule has 0 fully saturated rings. The van der Waals surface area contributed by atoms with Crippen LogP contribution in [-0.4, -0.2) is 44.5 Å². The fraction of sp³-hybridized carbons (Fsp3) is 0.333. The first-order valence-corrected chi connectivity index (χ1v) is 8.99. The van der Waals surface area contributed by atoms with Gasteiger partial charge < -0.3 is 20.3 Å². The summed E-state index contributed by atoms with van der Waals surface area (Å²) in [7, 11) is 5.43. The third-order valence-electron chi connectivity index (χ3n) is 4.16. The number of hydrogen-bond acceptors (Lipinski definition) is 3. The molecule has 0 aromatic heterocycles. The van der Waals surface area contributed by atoms with Crippen LogP contribution in [-0.2, 0) is 13.1 Å². The highest BCUT2D eigenvalue weighted by molar-refractivity contribution is 5.94. The molecule has 6 heteroatoms. The molecule has 0 saturated carbocycles. The van der Waals surface area contributed by atoms with Crippen LogP contribution in [0.5, 0.6) is 5.75 Å². The second-order valence-corrected chi connectivity index (χ2v) is 6.16. The summed E-state index contributed by atoms with van der Waals surface area (Å²) in [6, 6.07) is 15.6. The van der Waals surface area contributed by atoms with Gasteiger partial charge in [0.15, 0.2) is 5.96 Å². The number of methoxy groups -OCH3 is 1. The molecule has 144 valence electrons. The van der Waals surface area contributed by atoms with E-state index in [9.17, 15) is 4.79 Å². The number of benzene rings is 2. The number of nitrogens with one attached hydrogen (secondary N) is 2. The lowest BCUT2D eigenvalue weighted by Crippen LogP contribution is -2.38. The Morgan fingerprint density at radius 2 is 1.67 bits per heavy atom. The minimum atomic E-state index is -0.0490. The molecule has 0 aliphatic carbocycles. The maximum absolute atomic E-state index is 11.8. The van der Waals surface area contributed by atoms with Crippen LogP contribution in [0.25, 0.3) is 0 Å². The smallest absolute Gasteiger partial charge is 0.251 e. The Labute approximate surface area is 161 Å². The van der Waals surface area contributed by atoms with E-state index in [2.05, 4.69) is 20.5 Å². The van der Waals surface area contributed by atoms with Crippen LogP contribution < -0.4 is 15.4 Å². The van der Waals surface area contributed by atoms with Gasteiger partial charge >= 0.3 is 0 Å². The van der Waals surface area contributed by atoms with Crippen molar-refractivity contribution in [3.63, 3.8) is 0 Å². The van der Waals surface area contributed by atoms with Crippen LogP contribution in [0, 0.1) is 0 Å². The number of amides is 1. The number of hydrogen-bond donors (Lipinski definition) is 2. The summed E-state index contributed by atoms with van der Waals surface area (Å²) in [6.07, 6.45) is 0. The summed E-state index contributed by atoms with van der Waals surface area (Å²) in [5.41, 5.74) is 2.93. The van der Waals surface area contributed by atoms with E-state index in [-0.39, 0.29) is 5.91 Å². The molecule has 0 saturated heterocycles. The van der Waals surface area contributed by atoms with Gasteiger partial charge in [-0.2, -0.15) is 0 Å². The van der Waals surface area contributed by atoms with Crippen molar-refractivity contribution in [1.29, 1.82) is 0 Å². The van der Waals surface area contributed by atoms with Crippen molar-refractivity contribution in [2.75, 3.05) is 27.7 Å². The Balaban J connectivity index is 1.91. The first-order chi connectivity index (χ1) is 13.1. The Morgan fingerprint density at radius 1 is 1.04 bits per heavy atom. The van der Waals surface area contributed by atoms with Gasteiger partial charge in [0.1, 0.15) is 5.75 Å². The lowest BCUT2D eigenvalue weighted by molar-refractivity contribution is 0.0956. The van der Waals surface area contributed by atoms with Crippen LogP contribution in [0.2, 0.25) is 0 Å². The second kappa shape index (κ2) is 10.2. The number of carbonyl (C=O) groups excluding carboxylic acids is 1. The molecular formula is C21H28N4O2. The zero-order chi connectivity index (χ0) is 19.6. The number of guanidine groups is 1. The summed E-state index contributed by atoms with van der Waals surface area (Å²) < 4.78 is 5.19. The number of aliphatic imine (C=N–C) groups is 1. The summed E-state index contributed by atoms with van der Waals surface area (Å²) in [5.74, 6) is 1.60. The maximum Gasteiger partial charge on any atom is 0.251 e. The molecule has 27 heavy (non-hydrogen) atoms. The van der Waals surface area contributed by atoms with Crippen molar-refractivity contribution < 1.29 is 9.53 Å². The third-order valence-corrected chi connectivity index (χ3v) is 4.16. The standard InChI is InChI=1S/C21H28N4O2/c1-5-23-20(26)18-10-6-16(7-11-18)14-24-21(22-2)25(3)15-17-8-12-19(27-4)13-9-17/h6-13H,5,14-15H2,1-4H3,(H,22,24)(H,23,26). The molecule has 0 aliphatic heterocycles. The summed E-state index contributed by atoms with van der Waals surface area (Å²) in [6.45, 7) is 3.90. The normalized spacial score (nSPS) is 11.0. The van der Waals surface area contributed by atoms with E-state index in [1.54, 1.807) is 14.2 Å². The predicted molar refractivity (Wildman–Crippen MR) is 109 cm³/mol. The van der Waals surface area contributed by atoms with Gasteiger partial charge in [0.05, 0.1) is 7.11 Å². The number of rotatable bonds is 7. The summed E-state index contributed by atoms with van der Waals surface area (Å²) in [5, 5.41) is 6.15. The summed E-state index contributed by atoms with van der Waals surface area (Å²) >= 11 is 0. The van der Waals surface area contributed by atoms with E-state index in [1.807, 2.05) is 62.5 Å². The number of nitrogens with zero attached hydrogens (tertiary/aromatic N) is 2. The Morgan fingerprint density at radius 3 is 2.22 bits per heavy atom. The monoisotopic (exact) mass is 368 g/mol. The van der Waals surface area contributed by atoms with E-state index in [0.717, 1.165) is 23.8 Å².